The van der Waals surface area contributed by atoms with E-state index in [0.29, 0.717) is 5.92 Å². The average molecular weight is 223 g/mol. The van der Waals surface area contributed by atoms with Crippen molar-refractivity contribution in [1.29, 1.82) is 5.26 Å². The molecule has 0 unspecified atom stereocenters. The van der Waals surface area contributed by atoms with Crippen LogP contribution in [0, 0.1) is 11.3 Å². The molecule has 0 radical (unpaired) electrons. The summed E-state index contributed by atoms with van der Waals surface area (Å²) in [5.74, 6) is 0.509. The summed E-state index contributed by atoms with van der Waals surface area (Å²) >= 11 is 0. The molecule has 1 N–H and O–H groups in total. The highest BCUT2D eigenvalue weighted by molar-refractivity contribution is 5.67. The normalized spacial score (nSPS) is 15.2. The van der Waals surface area contributed by atoms with Gasteiger partial charge in [-0.15, -0.1) is 0 Å². The first kappa shape index (κ1) is 10.1. The number of nitrogens with zero attached hydrogens (tertiary/aromatic N) is 2. The van der Waals surface area contributed by atoms with Gasteiger partial charge in [-0.25, -0.2) is 0 Å². The van der Waals surface area contributed by atoms with Gasteiger partial charge in [-0.1, -0.05) is 36.8 Å². The van der Waals surface area contributed by atoms with Crippen LogP contribution in [0.4, 0.5) is 0 Å². The topological polar surface area (TPSA) is 52.5 Å². The number of benzene rings is 1. The van der Waals surface area contributed by atoms with Gasteiger partial charge in [-0.05, 0) is 12.8 Å². The summed E-state index contributed by atoms with van der Waals surface area (Å²) in [6.07, 6.45) is 3.60. The third-order valence-electron chi connectivity index (χ3n) is 3.47. The third kappa shape index (κ3) is 1.62. The Bertz CT molecular complexity index is 559. The van der Waals surface area contributed by atoms with Gasteiger partial charge in [0.1, 0.15) is 17.3 Å². The summed E-state index contributed by atoms with van der Waals surface area (Å²) < 4.78 is 0. The largest absolute Gasteiger partial charge is 0.280 e. The Morgan fingerprint density at radius 2 is 2.00 bits per heavy atom. The second kappa shape index (κ2) is 4.06. The summed E-state index contributed by atoms with van der Waals surface area (Å²) in [5, 5.41) is 16.7. The van der Waals surface area contributed by atoms with Gasteiger partial charge < -0.3 is 0 Å². The summed E-state index contributed by atoms with van der Waals surface area (Å²) in [5.41, 5.74) is 3.54. The molecule has 1 aromatic heterocycles. The van der Waals surface area contributed by atoms with E-state index >= 15 is 0 Å². The lowest BCUT2D eigenvalue weighted by Gasteiger charge is -2.24. The fourth-order valence-corrected chi connectivity index (χ4v) is 2.27. The molecule has 1 aliphatic carbocycles. The van der Waals surface area contributed by atoms with E-state index < -0.39 is 0 Å². The van der Waals surface area contributed by atoms with Crippen LogP contribution in [0.25, 0.3) is 11.3 Å². The molecule has 3 rings (SSSR count). The maximum atomic E-state index is 9.31. The zero-order chi connectivity index (χ0) is 11.7. The molecular formula is C14H13N3. The van der Waals surface area contributed by atoms with Crippen LogP contribution in [0.15, 0.2) is 30.3 Å². The van der Waals surface area contributed by atoms with Crippen LogP contribution < -0.4 is 0 Å². The fourth-order valence-electron chi connectivity index (χ4n) is 2.27. The second-order valence-corrected chi connectivity index (χ2v) is 4.47. The van der Waals surface area contributed by atoms with E-state index in [0.717, 1.165) is 22.5 Å². The monoisotopic (exact) mass is 223 g/mol. The summed E-state index contributed by atoms with van der Waals surface area (Å²) in [4.78, 5) is 0. The van der Waals surface area contributed by atoms with Gasteiger partial charge in [0.15, 0.2) is 0 Å². The van der Waals surface area contributed by atoms with Crippen molar-refractivity contribution < 1.29 is 0 Å². The van der Waals surface area contributed by atoms with Gasteiger partial charge in [0, 0.05) is 11.5 Å². The number of nitrogens with one attached hydrogen (secondary N) is 1. The fraction of sp³-hybridized carbons (Fsp3) is 0.286. The lowest BCUT2D eigenvalue weighted by molar-refractivity contribution is 0.410. The first-order chi connectivity index (χ1) is 8.40. The van der Waals surface area contributed by atoms with Crippen LogP contribution in [0.3, 0.4) is 0 Å². The van der Waals surface area contributed by atoms with Crippen molar-refractivity contribution >= 4 is 0 Å². The van der Waals surface area contributed by atoms with Gasteiger partial charge in [0.05, 0.1) is 5.69 Å². The van der Waals surface area contributed by atoms with Crippen molar-refractivity contribution in [2.45, 2.75) is 25.2 Å². The van der Waals surface area contributed by atoms with E-state index in [4.69, 9.17) is 0 Å². The number of nitriles is 1. The summed E-state index contributed by atoms with van der Waals surface area (Å²) in [7, 11) is 0. The van der Waals surface area contributed by atoms with Gasteiger partial charge in [0.25, 0.3) is 0 Å². The summed E-state index contributed by atoms with van der Waals surface area (Å²) in [6, 6.07) is 12.2. The van der Waals surface area contributed by atoms with Crippen LogP contribution in [0.5, 0.6) is 0 Å². The Labute approximate surface area is 100 Å². The molecule has 1 aromatic carbocycles. The predicted octanol–water partition coefficient (Wildman–Crippen LogP) is 3.22. The zero-order valence-corrected chi connectivity index (χ0v) is 9.48. The lowest BCUT2D eigenvalue weighted by atomic mass is 9.81. The van der Waals surface area contributed by atoms with Crippen molar-refractivity contribution in [2.24, 2.45) is 0 Å². The number of aromatic nitrogens is 2. The minimum atomic E-state index is 0.509. The van der Waals surface area contributed by atoms with E-state index in [2.05, 4.69) is 16.3 Å². The van der Waals surface area contributed by atoms with Crippen LogP contribution in [-0.4, -0.2) is 10.2 Å². The van der Waals surface area contributed by atoms with Gasteiger partial charge >= 0.3 is 0 Å². The van der Waals surface area contributed by atoms with Crippen molar-refractivity contribution in [1.82, 2.24) is 10.2 Å². The highest BCUT2D eigenvalue weighted by atomic mass is 15.1. The maximum absolute atomic E-state index is 9.31. The molecule has 1 aliphatic rings. The van der Waals surface area contributed by atoms with Crippen molar-refractivity contribution in [3.05, 3.63) is 41.6 Å². The molecule has 17 heavy (non-hydrogen) atoms. The van der Waals surface area contributed by atoms with Crippen LogP contribution in [-0.2, 0) is 0 Å². The molecule has 0 amide bonds. The third-order valence-corrected chi connectivity index (χ3v) is 3.47. The number of rotatable bonds is 2. The van der Waals surface area contributed by atoms with Crippen molar-refractivity contribution in [3.8, 4) is 17.3 Å². The van der Waals surface area contributed by atoms with Gasteiger partial charge in [-0.2, -0.15) is 10.4 Å². The van der Waals surface area contributed by atoms with Crippen LogP contribution >= 0.6 is 0 Å². The Morgan fingerprint density at radius 1 is 1.24 bits per heavy atom. The molecule has 3 nitrogen and oxygen atoms in total. The minimum Gasteiger partial charge on any atom is -0.280 e. The lowest BCUT2D eigenvalue weighted by Crippen LogP contribution is -2.10. The summed E-state index contributed by atoms with van der Waals surface area (Å²) in [6.45, 7) is 0. The molecule has 1 saturated carbocycles. The van der Waals surface area contributed by atoms with E-state index in [1.807, 2.05) is 30.3 Å². The molecule has 0 bridgehead atoms. The average Bonchev–Trinajstić information content (AvgIpc) is 2.71. The second-order valence-electron chi connectivity index (χ2n) is 4.47. The Morgan fingerprint density at radius 3 is 2.59 bits per heavy atom. The number of H-pyrrole nitrogens is 1. The minimum absolute atomic E-state index is 0.509. The highest BCUT2D eigenvalue weighted by Crippen LogP contribution is 2.38. The zero-order valence-electron chi connectivity index (χ0n) is 9.48. The molecule has 0 aliphatic heterocycles. The standard InChI is InChI=1S/C14H13N3/c15-9-12-13(10-5-2-1-3-6-10)16-17-14(12)11-7-4-8-11/h1-3,5-6,11H,4,7-8H2,(H,16,17). The molecule has 0 atom stereocenters. The van der Waals surface area contributed by atoms with E-state index in [1.165, 1.54) is 19.3 Å². The molecule has 2 aromatic rings. The first-order valence-electron chi connectivity index (χ1n) is 5.94. The molecular weight excluding hydrogens is 210 g/mol. The molecule has 3 heteroatoms. The number of hydrogen-bond acceptors (Lipinski definition) is 2. The quantitative estimate of drug-likeness (QED) is 0.849. The smallest absolute Gasteiger partial charge is 0.110 e. The van der Waals surface area contributed by atoms with E-state index in [9.17, 15) is 5.26 Å². The Kier molecular flexibility index (Phi) is 2.41. The molecule has 0 spiro atoms. The molecule has 0 saturated heterocycles. The van der Waals surface area contributed by atoms with E-state index in [1.54, 1.807) is 0 Å². The highest BCUT2D eigenvalue weighted by Gasteiger charge is 2.26. The van der Waals surface area contributed by atoms with Gasteiger partial charge in [0.2, 0.25) is 0 Å². The van der Waals surface area contributed by atoms with Crippen molar-refractivity contribution in [3.63, 3.8) is 0 Å². The SMILES string of the molecule is N#Cc1c(-c2ccccc2)n[nH]c1C1CCC1. The Balaban J connectivity index is 2.07. The first-order valence-corrected chi connectivity index (χ1v) is 5.94. The number of aromatic amines is 1. The van der Waals surface area contributed by atoms with Crippen LogP contribution in [0.2, 0.25) is 0 Å². The Hall–Kier alpha value is -2.08. The van der Waals surface area contributed by atoms with Crippen molar-refractivity contribution in [2.75, 3.05) is 0 Å². The molecule has 1 heterocycles. The van der Waals surface area contributed by atoms with E-state index in [-0.39, 0.29) is 0 Å². The van der Waals surface area contributed by atoms with Crippen LogP contribution in [0.1, 0.15) is 36.4 Å². The maximum Gasteiger partial charge on any atom is 0.110 e. The molecule has 84 valence electrons. The van der Waals surface area contributed by atoms with Gasteiger partial charge in [-0.3, -0.25) is 5.10 Å². The number of hydrogen-bond donors (Lipinski definition) is 1. The predicted molar refractivity (Wildman–Crippen MR) is 65.3 cm³/mol. The molecule has 1 fully saturated rings.